The van der Waals surface area contributed by atoms with Crippen molar-refractivity contribution in [3.63, 3.8) is 0 Å². The third-order valence-electron chi connectivity index (χ3n) is 1.41. The number of aromatic nitrogens is 1. The van der Waals surface area contributed by atoms with E-state index in [2.05, 4.69) is 4.98 Å². The number of aryl methyl sites for hydroxylation is 1. The molecule has 66 valence electrons. The molecule has 12 heavy (non-hydrogen) atoms. The van der Waals surface area contributed by atoms with Crippen molar-refractivity contribution in [2.75, 3.05) is 5.73 Å². The van der Waals surface area contributed by atoms with E-state index in [4.69, 9.17) is 5.73 Å². The van der Waals surface area contributed by atoms with Crippen molar-refractivity contribution in [1.29, 1.82) is 0 Å². The summed E-state index contributed by atoms with van der Waals surface area (Å²) in [5, 5.41) is 0. The Hall–Kier alpha value is -1.26. The lowest BCUT2D eigenvalue weighted by molar-refractivity contribution is 0.151. The normalized spacial score (nSPS) is 10.8. The summed E-state index contributed by atoms with van der Waals surface area (Å²) in [5.41, 5.74) is 4.15. The van der Waals surface area contributed by atoms with Gasteiger partial charge in [0.1, 0.15) is 0 Å². The number of nitrogen functional groups attached to an aromatic ring is 1. The highest BCUT2D eigenvalue weighted by Gasteiger charge is 2.15. The zero-order valence-corrected chi connectivity index (χ0v) is 6.31. The molecule has 0 aliphatic rings. The predicted molar refractivity (Wildman–Crippen MR) is 38.3 cm³/mol. The maximum Gasteiger partial charge on any atom is 0.266 e. The Labute approximate surface area is 67.2 Å². The van der Waals surface area contributed by atoms with E-state index in [1.165, 1.54) is 6.92 Å². The molecule has 0 fully saturated rings. The van der Waals surface area contributed by atoms with Gasteiger partial charge in [0.15, 0.2) is 0 Å². The minimum atomic E-state index is -2.76. The summed E-state index contributed by atoms with van der Waals surface area (Å²) in [6, 6.07) is 1.07. The molecular formula is C7H7F3N2. The molecule has 1 aromatic rings. The standard InChI is InChI=1S/C7H7F3N2/c1-3-2-4(6(8)9)5(11)7(10)12-3/h2,6H,11H2,1H3. The van der Waals surface area contributed by atoms with Crippen molar-refractivity contribution in [2.24, 2.45) is 0 Å². The van der Waals surface area contributed by atoms with Gasteiger partial charge in [-0.2, -0.15) is 4.39 Å². The molecule has 0 saturated carbocycles. The smallest absolute Gasteiger partial charge is 0.266 e. The average Bonchev–Trinajstić information content (AvgIpc) is 1.96. The minimum Gasteiger partial charge on any atom is -0.395 e. The van der Waals surface area contributed by atoms with Crippen LogP contribution in [0.1, 0.15) is 17.7 Å². The van der Waals surface area contributed by atoms with Crippen LogP contribution in [0.5, 0.6) is 0 Å². The maximum atomic E-state index is 12.6. The number of hydrogen-bond acceptors (Lipinski definition) is 2. The Morgan fingerprint density at radius 2 is 2.08 bits per heavy atom. The lowest BCUT2D eigenvalue weighted by atomic mass is 10.2. The van der Waals surface area contributed by atoms with Gasteiger partial charge in [0.25, 0.3) is 6.43 Å². The fourth-order valence-electron chi connectivity index (χ4n) is 0.850. The number of halogens is 3. The van der Waals surface area contributed by atoms with Crippen LogP contribution in [0.4, 0.5) is 18.9 Å². The molecule has 0 aliphatic carbocycles. The summed E-state index contributed by atoms with van der Waals surface area (Å²) in [4.78, 5) is 3.29. The van der Waals surface area contributed by atoms with Crippen LogP contribution in [0.15, 0.2) is 6.07 Å². The highest BCUT2D eigenvalue weighted by Crippen LogP contribution is 2.26. The molecule has 0 unspecified atom stereocenters. The van der Waals surface area contributed by atoms with Crippen LogP contribution in [-0.4, -0.2) is 4.98 Å². The third-order valence-corrected chi connectivity index (χ3v) is 1.41. The number of rotatable bonds is 1. The van der Waals surface area contributed by atoms with Gasteiger partial charge in [-0.25, -0.2) is 13.8 Å². The molecule has 0 radical (unpaired) electrons. The first-order valence-electron chi connectivity index (χ1n) is 3.23. The van der Waals surface area contributed by atoms with E-state index in [1.54, 1.807) is 0 Å². The highest BCUT2D eigenvalue weighted by atomic mass is 19.3. The number of pyridine rings is 1. The number of nitrogens with zero attached hydrogens (tertiary/aromatic N) is 1. The molecule has 1 aromatic heterocycles. The Bertz CT molecular complexity index is 299. The van der Waals surface area contributed by atoms with Crippen LogP contribution in [0.25, 0.3) is 0 Å². The summed E-state index contributed by atoms with van der Waals surface area (Å²) >= 11 is 0. The lowest BCUT2D eigenvalue weighted by Crippen LogP contribution is -2.02. The maximum absolute atomic E-state index is 12.6. The van der Waals surface area contributed by atoms with Gasteiger partial charge in [-0.1, -0.05) is 0 Å². The fourth-order valence-corrected chi connectivity index (χ4v) is 0.850. The van der Waals surface area contributed by atoms with Gasteiger partial charge in [-0.15, -0.1) is 0 Å². The fraction of sp³-hybridized carbons (Fsp3) is 0.286. The molecule has 2 nitrogen and oxygen atoms in total. The van der Waals surface area contributed by atoms with Gasteiger partial charge in [0.05, 0.1) is 5.69 Å². The van der Waals surface area contributed by atoms with E-state index in [9.17, 15) is 13.2 Å². The van der Waals surface area contributed by atoms with Gasteiger partial charge in [0.2, 0.25) is 5.95 Å². The van der Waals surface area contributed by atoms with Crippen LogP contribution in [0, 0.1) is 12.9 Å². The average molecular weight is 176 g/mol. The Kier molecular flexibility index (Phi) is 2.21. The van der Waals surface area contributed by atoms with Crippen LogP contribution in [0.3, 0.4) is 0 Å². The molecule has 0 saturated heterocycles. The second kappa shape index (κ2) is 3.00. The van der Waals surface area contributed by atoms with E-state index < -0.39 is 23.6 Å². The molecule has 0 aliphatic heterocycles. The van der Waals surface area contributed by atoms with Gasteiger partial charge >= 0.3 is 0 Å². The van der Waals surface area contributed by atoms with Crippen molar-refractivity contribution < 1.29 is 13.2 Å². The van der Waals surface area contributed by atoms with Crippen LogP contribution < -0.4 is 5.73 Å². The van der Waals surface area contributed by atoms with E-state index in [0.717, 1.165) is 6.07 Å². The van der Waals surface area contributed by atoms with Crippen LogP contribution >= 0.6 is 0 Å². The summed E-state index contributed by atoms with van der Waals surface area (Å²) in [5.74, 6) is -1.04. The topological polar surface area (TPSA) is 38.9 Å². The molecule has 5 heteroatoms. The van der Waals surface area contributed by atoms with Gasteiger partial charge in [0, 0.05) is 11.3 Å². The Morgan fingerprint density at radius 1 is 1.50 bits per heavy atom. The summed E-state index contributed by atoms with van der Waals surface area (Å²) in [6.45, 7) is 1.42. The molecule has 0 amide bonds. The zero-order chi connectivity index (χ0) is 9.30. The summed E-state index contributed by atoms with van der Waals surface area (Å²) in [7, 11) is 0. The zero-order valence-electron chi connectivity index (χ0n) is 6.31. The van der Waals surface area contributed by atoms with Gasteiger partial charge in [-0.05, 0) is 13.0 Å². The first kappa shape index (κ1) is 8.83. The number of hydrogen-bond donors (Lipinski definition) is 1. The molecule has 0 spiro atoms. The number of alkyl halides is 2. The molecule has 0 aromatic carbocycles. The molecular weight excluding hydrogens is 169 g/mol. The monoisotopic (exact) mass is 176 g/mol. The summed E-state index contributed by atoms with van der Waals surface area (Å²) in [6.07, 6.45) is -2.76. The van der Waals surface area contributed by atoms with E-state index >= 15 is 0 Å². The van der Waals surface area contributed by atoms with Crippen molar-refractivity contribution in [3.8, 4) is 0 Å². The van der Waals surface area contributed by atoms with E-state index in [0.29, 0.717) is 0 Å². The second-order valence-corrected chi connectivity index (χ2v) is 2.36. The molecule has 1 rings (SSSR count). The van der Waals surface area contributed by atoms with Gasteiger partial charge < -0.3 is 5.73 Å². The first-order valence-corrected chi connectivity index (χ1v) is 3.23. The lowest BCUT2D eigenvalue weighted by Gasteiger charge is -2.05. The first-order chi connectivity index (χ1) is 5.52. The number of anilines is 1. The Morgan fingerprint density at radius 3 is 2.58 bits per heavy atom. The molecule has 2 N–H and O–H groups in total. The quantitative estimate of drug-likeness (QED) is 0.665. The largest absolute Gasteiger partial charge is 0.395 e. The summed E-state index contributed by atoms with van der Waals surface area (Å²) < 4.78 is 36.9. The van der Waals surface area contributed by atoms with Crippen molar-refractivity contribution >= 4 is 5.69 Å². The SMILES string of the molecule is Cc1cc(C(F)F)c(N)c(F)n1. The Balaban J connectivity index is 3.28. The molecule has 0 bridgehead atoms. The van der Waals surface area contributed by atoms with Crippen molar-refractivity contribution in [1.82, 2.24) is 4.98 Å². The van der Waals surface area contributed by atoms with Crippen LogP contribution in [-0.2, 0) is 0 Å². The number of nitrogens with two attached hydrogens (primary N) is 1. The third kappa shape index (κ3) is 1.49. The second-order valence-electron chi connectivity index (χ2n) is 2.36. The van der Waals surface area contributed by atoms with E-state index in [-0.39, 0.29) is 5.69 Å². The molecule has 0 atom stereocenters. The van der Waals surface area contributed by atoms with Crippen LogP contribution in [0.2, 0.25) is 0 Å². The van der Waals surface area contributed by atoms with Crippen molar-refractivity contribution in [2.45, 2.75) is 13.3 Å². The van der Waals surface area contributed by atoms with Gasteiger partial charge in [-0.3, -0.25) is 0 Å². The van der Waals surface area contributed by atoms with Crippen molar-refractivity contribution in [3.05, 3.63) is 23.3 Å². The van der Waals surface area contributed by atoms with E-state index in [1.807, 2.05) is 0 Å². The molecule has 1 heterocycles. The predicted octanol–water partition coefficient (Wildman–Crippen LogP) is 2.05. The highest BCUT2D eigenvalue weighted by molar-refractivity contribution is 5.47. The minimum absolute atomic E-state index is 0.192.